The van der Waals surface area contributed by atoms with Gasteiger partial charge in [-0.2, -0.15) is 0 Å². The van der Waals surface area contributed by atoms with Gasteiger partial charge >= 0.3 is 0 Å². The number of nitrogens with zero attached hydrogens (tertiary/aromatic N) is 2. The molecule has 1 heterocycles. The van der Waals surface area contributed by atoms with E-state index >= 15 is 0 Å². The first-order valence-corrected chi connectivity index (χ1v) is 11.5. The molecule has 0 spiro atoms. The molecule has 0 N–H and O–H groups in total. The van der Waals surface area contributed by atoms with Crippen LogP contribution in [0.2, 0.25) is 0 Å². The van der Waals surface area contributed by atoms with Crippen LogP contribution in [0.3, 0.4) is 0 Å². The monoisotopic (exact) mass is 484 g/mol. The highest BCUT2D eigenvalue weighted by Crippen LogP contribution is 2.32. The molecular weight excluding hydrogens is 460 g/mol. The summed E-state index contributed by atoms with van der Waals surface area (Å²) in [5, 5.41) is 0.0951. The molecule has 4 rings (SSSR count). The second kappa shape index (κ2) is 10.8. The lowest BCUT2D eigenvalue weighted by molar-refractivity contribution is -0.120. The van der Waals surface area contributed by atoms with Gasteiger partial charge in [-0.15, -0.1) is 0 Å². The Labute approximate surface area is 209 Å². The van der Waals surface area contributed by atoms with Crippen LogP contribution in [-0.4, -0.2) is 30.1 Å². The van der Waals surface area contributed by atoms with E-state index in [0.29, 0.717) is 41.7 Å². The molecule has 1 saturated heterocycles. The predicted octanol–water partition coefficient (Wildman–Crippen LogP) is 5.40. The molecule has 6 nitrogen and oxygen atoms in total. The van der Waals surface area contributed by atoms with Crippen molar-refractivity contribution in [3.8, 4) is 11.5 Å². The number of carbonyl (C=O) groups is 2. The summed E-state index contributed by atoms with van der Waals surface area (Å²) < 4.78 is 11.4. The second-order valence-corrected chi connectivity index (χ2v) is 7.90. The van der Waals surface area contributed by atoms with Crippen LogP contribution < -0.4 is 19.3 Å². The number of ether oxygens (including phenoxy) is 2. The van der Waals surface area contributed by atoms with E-state index in [-0.39, 0.29) is 10.7 Å². The Morgan fingerprint density at radius 2 is 1.40 bits per heavy atom. The zero-order chi connectivity index (χ0) is 24.8. The number of thiocarbonyl (C=S) groups is 1. The minimum Gasteiger partial charge on any atom is -0.490 e. The average molecular weight is 485 g/mol. The summed E-state index contributed by atoms with van der Waals surface area (Å²) >= 11 is 5.64. The summed E-state index contributed by atoms with van der Waals surface area (Å²) in [7, 11) is 0. The molecule has 0 unspecified atom stereocenters. The minimum absolute atomic E-state index is 0.0199. The summed E-state index contributed by atoms with van der Waals surface area (Å²) in [6, 6.07) is 23.3. The Kier molecular flexibility index (Phi) is 7.38. The van der Waals surface area contributed by atoms with Gasteiger partial charge in [-0.05, 0) is 67.2 Å². The van der Waals surface area contributed by atoms with Crippen LogP contribution in [0.25, 0.3) is 6.08 Å². The lowest BCUT2D eigenvalue weighted by atomic mass is 10.0. The van der Waals surface area contributed by atoms with E-state index in [2.05, 4.69) is 6.58 Å². The van der Waals surface area contributed by atoms with Gasteiger partial charge in [-0.3, -0.25) is 19.4 Å². The molecule has 1 aliphatic heterocycles. The number of hydrogen-bond donors (Lipinski definition) is 0. The Hall–Kier alpha value is -4.23. The quantitative estimate of drug-likeness (QED) is 0.186. The molecule has 176 valence electrons. The van der Waals surface area contributed by atoms with Crippen molar-refractivity contribution in [1.29, 1.82) is 0 Å². The van der Waals surface area contributed by atoms with Gasteiger partial charge in [-0.1, -0.05) is 55.1 Å². The number of anilines is 2. The van der Waals surface area contributed by atoms with Crippen LogP contribution in [0.1, 0.15) is 12.5 Å². The first kappa shape index (κ1) is 23.9. The van der Waals surface area contributed by atoms with Crippen molar-refractivity contribution in [2.24, 2.45) is 0 Å². The third-order valence-electron chi connectivity index (χ3n) is 5.21. The first-order chi connectivity index (χ1) is 17.0. The van der Waals surface area contributed by atoms with Crippen molar-refractivity contribution in [3.05, 3.63) is 103 Å². The van der Waals surface area contributed by atoms with Crippen LogP contribution in [0.15, 0.2) is 97.1 Å². The van der Waals surface area contributed by atoms with Crippen molar-refractivity contribution in [2.75, 3.05) is 23.0 Å². The van der Waals surface area contributed by atoms with Gasteiger partial charge in [0.15, 0.2) is 16.6 Å². The maximum Gasteiger partial charge on any atom is 0.270 e. The molecule has 3 aromatic rings. The van der Waals surface area contributed by atoms with Gasteiger partial charge in [0.2, 0.25) is 0 Å². The lowest BCUT2D eigenvalue weighted by Gasteiger charge is -2.36. The average Bonchev–Trinajstić information content (AvgIpc) is 2.87. The molecule has 35 heavy (non-hydrogen) atoms. The highest BCUT2D eigenvalue weighted by Gasteiger charge is 2.41. The number of hydrogen-bond acceptors (Lipinski definition) is 5. The van der Waals surface area contributed by atoms with E-state index in [4.69, 9.17) is 21.7 Å². The SMILES string of the molecule is C=CCOc1ccc(C=C2C(=O)N(c3ccccc3)C(=S)N(c3ccccc3)C2=O)cc1OCC. The van der Waals surface area contributed by atoms with Gasteiger partial charge in [0.05, 0.1) is 18.0 Å². The lowest BCUT2D eigenvalue weighted by Crippen LogP contribution is -2.56. The fourth-order valence-electron chi connectivity index (χ4n) is 3.66. The molecule has 0 radical (unpaired) electrons. The third kappa shape index (κ3) is 5.00. The Morgan fingerprint density at radius 1 is 0.829 bits per heavy atom. The highest BCUT2D eigenvalue weighted by atomic mass is 32.1. The molecular formula is C28H24N2O4S. The van der Waals surface area contributed by atoms with Gasteiger partial charge in [0.25, 0.3) is 11.8 Å². The Balaban J connectivity index is 1.81. The van der Waals surface area contributed by atoms with Crippen LogP contribution in [0.4, 0.5) is 11.4 Å². The molecule has 1 aliphatic rings. The van der Waals surface area contributed by atoms with E-state index in [9.17, 15) is 9.59 Å². The van der Waals surface area contributed by atoms with Gasteiger partial charge < -0.3 is 9.47 Å². The predicted molar refractivity (Wildman–Crippen MR) is 142 cm³/mol. The number of benzene rings is 3. The highest BCUT2D eigenvalue weighted by molar-refractivity contribution is 7.81. The summed E-state index contributed by atoms with van der Waals surface area (Å²) in [6.07, 6.45) is 3.20. The Morgan fingerprint density at radius 3 is 1.91 bits per heavy atom. The summed E-state index contributed by atoms with van der Waals surface area (Å²) in [6.45, 7) is 6.29. The largest absolute Gasteiger partial charge is 0.490 e. The van der Waals surface area contributed by atoms with E-state index in [1.807, 2.05) is 43.3 Å². The molecule has 0 aromatic heterocycles. The summed E-state index contributed by atoms with van der Waals surface area (Å²) in [4.78, 5) is 30.0. The maximum absolute atomic E-state index is 13.6. The smallest absolute Gasteiger partial charge is 0.270 e. The van der Waals surface area contributed by atoms with E-state index in [1.54, 1.807) is 54.6 Å². The van der Waals surface area contributed by atoms with Crippen molar-refractivity contribution >= 4 is 46.6 Å². The molecule has 2 amide bonds. The minimum atomic E-state index is -0.497. The summed E-state index contributed by atoms with van der Waals surface area (Å²) in [5.41, 5.74) is 1.74. The van der Waals surface area contributed by atoms with Gasteiger partial charge in [-0.25, -0.2) is 0 Å². The van der Waals surface area contributed by atoms with E-state index in [1.165, 1.54) is 9.80 Å². The van der Waals surface area contributed by atoms with E-state index in [0.717, 1.165) is 0 Å². The first-order valence-electron chi connectivity index (χ1n) is 11.1. The number of amides is 2. The van der Waals surface area contributed by atoms with Gasteiger partial charge in [0, 0.05) is 0 Å². The number of rotatable bonds is 8. The topological polar surface area (TPSA) is 59.1 Å². The fourth-order valence-corrected chi connectivity index (χ4v) is 4.03. The van der Waals surface area contributed by atoms with Crippen molar-refractivity contribution < 1.29 is 19.1 Å². The van der Waals surface area contributed by atoms with Crippen LogP contribution in [-0.2, 0) is 9.59 Å². The molecule has 0 saturated carbocycles. The maximum atomic E-state index is 13.6. The van der Waals surface area contributed by atoms with Gasteiger partial charge in [0.1, 0.15) is 12.2 Å². The molecule has 0 bridgehead atoms. The van der Waals surface area contributed by atoms with E-state index < -0.39 is 11.8 Å². The Bertz CT molecular complexity index is 1230. The second-order valence-electron chi connectivity index (χ2n) is 7.53. The normalized spacial score (nSPS) is 13.6. The third-order valence-corrected chi connectivity index (χ3v) is 5.58. The van der Waals surface area contributed by atoms with Crippen LogP contribution >= 0.6 is 12.2 Å². The van der Waals surface area contributed by atoms with Crippen LogP contribution in [0.5, 0.6) is 11.5 Å². The zero-order valence-corrected chi connectivity index (χ0v) is 20.0. The van der Waals surface area contributed by atoms with Crippen molar-refractivity contribution in [2.45, 2.75) is 6.92 Å². The molecule has 1 fully saturated rings. The summed E-state index contributed by atoms with van der Waals surface area (Å²) in [5.74, 6) is 0.0645. The molecule has 0 aliphatic carbocycles. The van der Waals surface area contributed by atoms with Crippen molar-refractivity contribution in [1.82, 2.24) is 0 Å². The van der Waals surface area contributed by atoms with Crippen molar-refractivity contribution in [3.63, 3.8) is 0 Å². The number of carbonyl (C=O) groups excluding carboxylic acids is 2. The molecule has 7 heteroatoms. The van der Waals surface area contributed by atoms with Crippen LogP contribution in [0, 0.1) is 0 Å². The number of para-hydroxylation sites is 2. The molecule has 3 aromatic carbocycles. The zero-order valence-electron chi connectivity index (χ0n) is 19.2. The fraction of sp³-hybridized carbons (Fsp3) is 0.107. The molecule has 0 atom stereocenters. The standard InChI is InChI=1S/C28H24N2O4S/c1-3-17-34-24-16-15-20(19-25(24)33-4-2)18-23-26(31)29(21-11-7-5-8-12-21)28(35)30(27(23)32)22-13-9-6-10-14-22/h3,5-16,18-19H,1,4,17H2,2H3.